The van der Waals surface area contributed by atoms with E-state index in [4.69, 9.17) is 32.9 Å². The van der Waals surface area contributed by atoms with Crippen LogP contribution in [0.3, 0.4) is 0 Å². The van der Waals surface area contributed by atoms with Crippen LogP contribution in [0.15, 0.2) is 6.07 Å². The van der Waals surface area contributed by atoms with E-state index in [0.717, 1.165) is 0 Å². The molecule has 0 atom stereocenters. The van der Waals surface area contributed by atoms with Gasteiger partial charge in [-0.05, 0) is 6.07 Å². The topological polar surface area (TPSA) is 81.5 Å². The van der Waals surface area contributed by atoms with Crippen molar-refractivity contribution in [2.75, 3.05) is 24.7 Å². The third kappa shape index (κ3) is 2.00. The van der Waals surface area contributed by atoms with Crippen LogP contribution in [0.5, 0.6) is 5.75 Å². The molecule has 6 heteroatoms. The van der Waals surface area contributed by atoms with Crippen molar-refractivity contribution in [3.63, 3.8) is 0 Å². The maximum atomic E-state index is 13.3. The second-order valence-electron chi connectivity index (χ2n) is 2.58. The summed E-state index contributed by atoms with van der Waals surface area (Å²) in [5.41, 5.74) is 10.9. The molecule has 0 aliphatic rings. The van der Waals surface area contributed by atoms with Crippen LogP contribution in [0.2, 0.25) is 5.02 Å². The van der Waals surface area contributed by atoms with Crippen molar-refractivity contribution in [2.24, 2.45) is 0 Å². The maximum Gasteiger partial charge on any atom is 0.187 e. The number of anilines is 2. The predicted octanol–water partition coefficient (Wildman–Crippen LogP) is 1.01. The van der Waals surface area contributed by atoms with Gasteiger partial charge in [0.2, 0.25) is 0 Å². The number of nitrogen functional groups attached to an aromatic ring is 2. The van der Waals surface area contributed by atoms with Crippen LogP contribution in [-0.4, -0.2) is 18.3 Å². The van der Waals surface area contributed by atoms with Crippen LogP contribution in [0.1, 0.15) is 0 Å². The monoisotopic (exact) mass is 220 g/mol. The van der Waals surface area contributed by atoms with Crippen molar-refractivity contribution in [2.45, 2.75) is 0 Å². The first-order chi connectivity index (χ1) is 6.57. The first-order valence-corrected chi connectivity index (χ1v) is 4.22. The van der Waals surface area contributed by atoms with Crippen molar-refractivity contribution in [1.29, 1.82) is 0 Å². The lowest BCUT2D eigenvalue weighted by molar-refractivity contribution is 0.197. The average Bonchev–Trinajstić information content (AvgIpc) is 2.14. The van der Waals surface area contributed by atoms with Crippen LogP contribution < -0.4 is 16.2 Å². The smallest absolute Gasteiger partial charge is 0.187 e. The molecule has 0 unspecified atom stereocenters. The highest BCUT2D eigenvalue weighted by atomic mass is 35.5. The number of benzene rings is 1. The molecule has 0 aromatic heterocycles. The van der Waals surface area contributed by atoms with Crippen LogP contribution in [-0.2, 0) is 0 Å². The standard InChI is InChI=1S/C8H10ClFN2O2/c9-6-4(11)3-5(12)8(7(6)10)14-2-1-13/h3,13H,1-2,11-12H2. The van der Waals surface area contributed by atoms with Gasteiger partial charge in [0.25, 0.3) is 0 Å². The largest absolute Gasteiger partial charge is 0.486 e. The molecule has 1 aromatic rings. The Labute approximate surface area is 85.2 Å². The molecule has 0 saturated carbocycles. The second kappa shape index (κ2) is 4.34. The van der Waals surface area contributed by atoms with Gasteiger partial charge in [-0.1, -0.05) is 11.6 Å². The normalized spacial score (nSPS) is 10.2. The lowest BCUT2D eigenvalue weighted by Gasteiger charge is -2.10. The molecule has 0 fully saturated rings. The number of hydrogen-bond acceptors (Lipinski definition) is 4. The summed E-state index contributed by atoms with van der Waals surface area (Å²) in [4.78, 5) is 0. The third-order valence-corrected chi connectivity index (χ3v) is 1.94. The highest BCUT2D eigenvalue weighted by Gasteiger charge is 2.15. The van der Waals surface area contributed by atoms with E-state index in [1.165, 1.54) is 6.07 Å². The number of aliphatic hydroxyl groups is 1. The Balaban J connectivity index is 3.09. The Morgan fingerprint density at radius 2 is 2.07 bits per heavy atom. The Kier molecular flexibility index (Phi) is 3.38. The molecule has 4 nitrogen and oxygen atoms in total. The number of aliphatic hydroxyl groups excluding tert-OH is 1. The molecule has 14 heavy (non-hydrogen) atoms. The Bertz CT molecular complexity index is 347. The van der Waals surface area contributed by atoms with Gasteiger partial charge in [0.1, 0.15) is 11.6 Å². The maximum absolute atomic E-state index is 13.3. The molecule has 0 heterocycles. The average molecular weight is 221 g/mol. The molecule has 0 bridgehead atoms. The van der Waals surface area contributed by atoms with Crippen molar-refractivity contribution < 1.29 is 14.2 Å². The minimum Gasteiger partial charge on any atom is -0.486 e. The van der Waals surface area contributed by atoms with E-state index >= 15 is 0 Å². The third-order valence-electron chi connectivity index (χ3n) is 1.56. The zero-order valence-corrected chi connectivity index (χ0v) is 8.01. The van der Waals surface area contributed by atoms with E-state index in [1.807, 2.05) is 0 Å². The summed E-state index contributed by atoms with van der Waals surface area (Å²) in [5, 5.41) is 8.26. The number of ether oxygens (including phenoxy) is 1. The summed E-state index contributed by atoms with van der Waals surface area (Å²) < 4.78 is 18.2. The van der Waals surface area contributed by atoms with Gasteiger partial charge in [-0.3, -0.25) is 0 Å². The first-order valence-electron chi connectivity index (χ1n) is 3.84. The van der Waals surface area contributed by atoms with E-state index in [-0.39, 0.29) is 35.4 Å². The van der Waals surface area contributed by atoms with E-state index < -0.39 is 5.82 Å². The van der Waals surface area contributed by atoms with E-state index in [9.17, 15) is 4.39 Å². The summed E-state index contributed by atoms with van der Waals surface area (Å²) in [5.74, 6) is -0.990. The summed E-state index contributed by atoms with van der Waals surface area (Å²) in [6.45, 7) is -0.289. The molecule has 0 aliphatic heterocycles. The molecular formula is C8H10ClFN2O2. The fourth-order valence-corrected chi connectivity index (χ4v) is 1.08. The van der Waals surface area contributed by atoms with E-state index in [0.29, 0.717) is 0 Å². The SMILES string of the molecule is Nc1cc(N)c(OCCO)c(F)c1Cl. The van der Waals surface area contributed by atoms with Gasteiger partial charge >= 0.3 is 0 Å². The zero-order chi connectivity index (χ0) is 10.7. The van der Waals surface area contributed by atoms with Crippen molar-refractivity contribution in [1.82, 2.24) is 0 Å². The van der Waals surface area contributed by atoms with E-state index in [1.54, 1.807) is 0 Å². The number of rotatable bonds is 3. The van der Waals surface area contributed by atoms with E-state index in [2.05, 4.69) is 0 Å². The number of nitrogens with two attached hydrogens (primary N) is 2. The second-order valence-corrected chi connectivity index (χ2v) is 2.96. The molecular weight excluding hydrogens is 211 g/mol. The lowest BCUT2D eigenvalue weighted by Crippen LogP contribution is -2.07. The Morgan fingerprint density at radius 1 is 1.43 bits per heavy atom. The van der Waals surface area contributed by atoms with Crippen molar-refractivity contribution in [3.05, 3.63) is 16.9 Å². The highest BCUT2D eigenvalue weighted by Crippen LogP contribution is 2.35. The molecule has 0 amide bonds. The Morgan fingerprint density at radius 3 is 2.64 bits per heavy atom. The van der Waals surface area contributed by atoms with Crippen LogP contribution in [0.25, 0.3) is 0 Å². The molecule has 1 rings (SSSR count). The minimum absolute atomic E-state index is 0.0536. The molecule has 78 valence electrons. The summed E-state index contributed by atoms with van der Waals surface area (Å²) in [6, 6.07) is 1.30. The van der Waals surface area contributed by atoms with Gasteiger partial charge in [-0.25, -0.2) is 4.39 Å². The van der Waals surface area contributed by atoms with Gasteiger partial charge in [0.05, 0.1) is 18.0 Å². The molecule has 1 aromatic carbocycles. The van der Waals surface area contributed by atoms with Gasteiger partial charge < -0.3 is 21.3 Å². The molecule has 0 spiro atoms. The van der Waals surface area contributed by atoms with Gasteiger partial charge in [-0.2, -0.15) is 0 Å². The highest BCUT2D eigenvalue weighted by molar-refractivity contribution is 6.33. The molecule has 0 aliphatic carbocycles. The van der Waals surface area contributed by atoms with Crippen molar-refractivity contribution in [3.8, 4) is 5.75 Å². The lowest BCUT2D eigenvalue weighted by atomic mass is 10.2. The van der Waals surface area contributed by atoms with Crippen molar-refractivity contribution >= 4 is 23.0 Å². The molecule has 0 radical (unpaired) electrons. The van der Waals surface area contributed by atoms with Gasteiger partial charge in [0, 0.05) is 0 Å². The van der Waals surface area contributed by atoms with Crippen LogP contribution in [0.4, 0.5) is 15.8 Å². The summed E-state index contributed by atoms with van der Waals surface area (Å²) in [7, 11) is 0. The number of halogens is 2. The minimum atomic E-state index is -0.808. The van der Waals surface area contributed by atoms with Crippen LogP contribution >= 0.6 is 11.6 Å². The summed E-state index contributed by atoms with van der Waals surface area (Å²) in [6.07, 6.45) is 0. The molecule has 0 saturated heterocycles. The predicted molar refractivity (Wildman–Crippen MR) is 52.8 cm³/mol. The van der Waals surface area contributed by atoms with Gasteiger partial charge in [0.15, 0.2) is 11.6 Å². The van der Waals surface area contributed by atoms with Crippen LogP contribution in [0, 0.1) is 5.82 Å². The van der Waals surface area contributed by atoms with Gasteiger partial charge in [-0.15, -0.1) is 0 Å². The summed E-state index contributed by atoms with van der Waals surface area (Å²) >= 11 is 5.54. The fourth-order valence-electron chi connectivity index (χ4n) is 0.944. The first kappa shape index (κ1) is 10.9. The number of hydrogen-bond donors (Lipinski definition) is 3. The molecule has 5 N–H and O–H groups in total. The Hall–Kier alpha value is -1.20. The zero-order valence-electron chi connectivity index (χ0n) is 7.26. The quantitative estimate of drug-likeness (QED) is 0.665. The fraction of sp³-hybridized carbons (Fsp3) is 0.250.